The molecule has 4 aromatic carbocycles. The zero-order valence-electron chi connectivity index (χ0n) is 43.7. The van der Waals surface area contributed by atoms with Crippen LogP contribution in [0.1, 0.15) is 61.1 Å². The summed E-state index contributed by atoms with van der Waals surface area (Å²) in [5.74, 6) is -2.14. The van der Waals surface area contributed by atoms with E-state index < -0.39 is 144 Å². The molecule has 0 spiro atoms. The molecule has 0 bridgehead atoms. The normalized spacial score (nSPS) is 13.7. The third-order valence-electron chi connectivity index (χ3n) is 11.3. The van der Waals surface area contributed by atoms with E-state index in [1.165, 1.54) is 42.7 Å². The average Bonchev–Trinajstić information content (AvgIpc) is 1.84. The van der Waals surface area contributed by atoms with Crippen LogP contribution in [0.4, 0.5) is 35.2 Å². The van der Waals surface area contributed by atoms with Crippen LogP contribution in [0.3, 0.4) is 0 Å². The molecule has 11 N–H and O–H groups in total. The average molecular weight is 1290 g/mol. The number of aromatic nitrogens is 6. The molecule has 0 saturated heterocycles. The summed E-state index contributed by atoms with van der Waals surface area (Å²) in [6.07, 6.45) is -2.42. The zero-order valence-corrected chi connectivity index (χ0v) is 48.6. The Bertz CT molecular complexity index is 4270. The SMILES string of the molecule is CC(O)CN(CCC#N)c1nc(Cc2cc(S(=O)(=O)O)ccc2S(=O)(=O)O)nc(Nc2ccc(/C=C/c3ccc(Cc4nc(Nc5cc(S(=O)(=O)O)ccc5S(=O)(=O)O)nc(N(CC(C)O)CC(C)O)n4)cc3S(=O)(=O)O)c(S(=O)(=O)O)c2)n1. The quantitative estimate of drug-likeness (QED) is 0.0273. The highest BCUT2D eigenvalue weighted by atomic mass is 32.2. The highest BCUT2D eigenvalue weighted by Crippen LogP contribution is 2.31. The summed E-state index contributed by atoms with van der Waals surface area (Å²) < 4.78 is 209. The molecule has 0 amide bonds. The minimum absolute atomic E-state index is 0.0377. The molecule has 0 radical (unpaired) electrons. The molecule has 3 atom stereocenters. The summed E-state index contributed by atoms with van der Waals surface area (Å²) in [5, 5.41) is 45.4. The van der Waals surface area contributed by atoms with Crippen molar-refractivity contribution in [3.63, 3.8) is 0 Å². The number of nitrogens with zero attached hydrogens (tertiary/aromatic N) is 9. The van der Waals surface area contributed by atoms with Crippen molar-refractivity contribution in [2.75, 3.05) is 46.6 Å². The summed E-state index contributed by atoms with van der Waals surface area (Å²) in [4.78, 5) is 23.4. The highest BCUT2D eigenvalue weighted by Gasteiger charge is 2.26. The molecule has 38 heteroatoms. The van der Waals surface area contributed by atoms with Gasteiger partial charge in [-0.05, 0) is 97.6 Å². The van der Waals surface area contributed by atoms with Crippen LogP contribution >= 0.6 is 0 Å². The van der Waals surface area contributed by atoms with Gasteiger partial charge >= 0.3 is 0 Å². The van der Waals surface area contributed by atoms with Gasteiger partial charge in [0, 0.05) is 44.7 Å². The smallest absolute Gasteiger partial charge is 0.296 e. The van der Waals surface area contributed by atoms with E-state index >= 15 is 0 Å². The molecule has 0 saturated carbocycles. The van der Waals surface area contributed by atoms with Crippen LogP contribution in [-0.4, -0.2) is 168 Å². The zero-order chi connectivity index (χ0) is 62.5. The summed E-state index contributed by atoms with van der Waals surface area (Å²) in [5.41, 5.74) is -1.82. The van der Waals surface area contributed by atoms with Gasteiger partial charge in [-0.15, -0.1) is 0 Å². The predicted molar refractivity (Wildman–Crippen MR) is 295 cm³/mol. The lowest BCUT2D eigenvalue weighted by Gasteiger charge is -2.26. The number of aliphatic hydroxyl groups excluding tert-OH is 3. The van der Waals surface area contributed by atoms with Crippen molar-refractivity contribution in [3.8, 4) is 6.07 Å². The first-order valence-corrected chi connectivity index (χ1v) is 32.4. The Morgan fingerprint density at radius 2 is 0.952 bits per heavy atom. The molecule has 0 aliphatic carbocycles. The van der Waals surface area contributed by atoms with E-state index in [4.69, 9.17) is 0 Å². The van der Waals surface area contributed by atoms with E-state index in [-0.39, 0.29) is 78.5 Å². The monoisotopic (exact) mass is 1290 g/mol. The van der Waals surface area contributed by atoms with Crippen molar-refractivity contribution in [2.45, 2.75) is 87.7 Å². The number of anilines is 6. The van der Waals surface area contributed by atoms with Crippen molar-refractivity contribution in [2.24, 2.45) is 0 Å². The number of hydrogen-bond donors (Lipinski definition) is 11. The summed E-state index contributed by atoms with van der Waals surface area (Å²) in [6.45, 7) is 3.42. The molecule has 0 aliphatic rings. The Morgan fingerprint density at radius 1 is 0.500 bits per heavy atom. The Kier molecular flexibility index (Phi) is 20.3. The summed E-state index contributed by atoms with van der Waals surface area (Å²) >= 11 is 0. The van der Waals surface area contributed by atoms with E-state index in [2.05, 4.69) is 40.5 Å². The fourth-order valence-corrected chi connectivity index (χ4v) is 11.7. The second-order valence-electron chi connectivity index (χ2n) is 18.4. The predicted octanol–water partition coefficient (Wildman–Crippen LogP) is 2.04. The van der Waals surface area contributed by atoms with Crippen molar-refractivity contribution >= 4 is 108 Å². The van der Waals surface area contributed by atoms with Gasteiger partial charge in [-0.1, -0.05) is 30.4 Å². The number of rotatable bonds is 26. The van der Waals surface area contributed by atoms with Crippen molar-refractivity contribution in [1.29, 1.82) is 5.26 Å². The largest absolute Gasteiger partial charge is 0.392 e. The van der Waals surface area contributed by atoms with Crippen LogP contribution in [0.15, 0.2) is 102 Å². The van der Waals surface area contributed by atoms with Gasteiger partial charge in [0.05, 0.1) is 51.2 Å². The molecule has 2 heterocycles. The summed E-state index contributed by atoms with van der Waals surface area (Å²) in [6, 6.07) is 12.7. The third kappa shape index (κ3) is 18.1. The van der Waals surface area contributed by atoms with E-state index in [0.29, 0.717) is 30.3 Å². The Hall–Kier alpha value is -7.33. The number of benzene rings is 4. The second kappa shape index (κ2) is 25.9. The first-order chi connectivity index (χ1) is 38.8. The van der Waals surface area contributed by atoms with E-state index in [9.17, 15) is 98.4 Å². The molecule has 0 fully saturated rings. The van der Waals surface area contributed by atoms with Gasteiger partial charge in [0.1, 0.15) is 26.3 Å². The highest BCUT2D eigenvalue weighted by molar-refractivity contribution is 7.87. The van der Waals surface area contributed by atoms with E-state index in [1.807, 2.05) is 6.07 Å². The molecule has 3 unspecified atom stereocenters. The van der Waals surface area contributed by atoms with Crippen LogP contribution in [0.2, 0.25) is 0 Å². The van der Waals surface area contributed by atoms with Gasteiger partial charge in [0.2, 0.25) is 23.8 Å². The molecule has 32 nitrogen and oxygen atoms in total. The topological polar surface area (TPSA) is 519 Å². The first-order valence-electron chi connectivity index (χ1n) is 23.8. The molecule has 6 rings (SSSR count). The maximum atomic E-state index is 13.0. The van der Waals surface area contributed by atoms with Crippen LogP contribution in [0.5, 0.6) is 0 Å². The number of nitrogens with one attached hydrogen (secondary N) is 2. The van der Waals surface area contributed by atoms with Crippen LogP contribution in [-0.2, 0) is 73.6 Å². The molecule has 6 aromatic rings. The van der Waals surface area contributed by atoms with Gasteiger partial charge in [0.15, 0.2) is 0 Å². The first kappa shape index (κ1) is 65.8. The van der Waals surface area contributed by atoms with Gasteiger partial charge in [-0.25, -0.2) is 0 Å². The fraction of sp³-hybridized carbons (Fsp3) is 0.283. The standard InChI is InChI=1S/C46H51N11O21S6/c1-26(58)23-56(16-4-15-47)45-53-42(20-32-19-34(79(61,62)63)11-13-37(32)81(67,68)69)51-43(54-45)48-33-10-9-31(40(21-33)84(76,77)78)8-7-30-6-5-29(17-39(30)83(73,74)75)18-41-50-44(55-46(52-41)57(24-27(2)59)25-28(3)60)49-36-22-35(80(64,65)66)12-14-38(36)82(70,71)72/h5-14,17,19,21-22,26-28,58-60H,4,16,18,20,23-25H2,1-3H3,(H,61,62,63)(H,64,65,66)(H,67,68,69)(H,70,71,72)(H,73,74,75)(H,76,77,78)(H,48,51,53,54)(H,49,50,52,55)/b8-7+. The number of aliphatic hydroxyl groups is 3. The van der Waals surface area contributed by atoms with Gasteiger partial charge in [-0.3, -0.25) is 27.3 Å². The fourth-order valence-electron chi connectivity index (χ4n) is 7.92. The lowest BCUT2D eigenvalue weighted by Crippen LogP contribution is -2.38. The van der Waals surface area contributed by atoms with Crippen LogP contribution in [0, 0.1) is 11.3 Å². The Balaban J connectivity index is 1.40. The minimum atomic E-state index is -5.19. The third-order valence-corrected chi connectivity index (χ3v) is 16.7. The summed E-state index contributed by atoms with van der Waals surface area (Å²) in [7, 11) is -30.4. The molecule has 2 aromatic heterocycles. The molecule has 84 heavy (non-hydrogen) atoms. The van der Waals surface area contributed by atoms with Gasteiger partial charge in [-0.2, -0.15) is 85.7 Å². The van der Waals surface area contributed by atoms with E-state index in [0.717, 1.165) is 42.5 Å². The number of nitriles is 1. The second-order valence-corrected chi connectivity index (χ2v) is 26.8. The van der Waals surface area contributed by atoms with Gasteiger partial charge < -0.3 is 35.8 Å². The van der Waals surface area contributed by atoms with E-state index in [1.54, 1.807) is 0 Å². The Labute approximate surface area is 480 Å². The van der Waals surface area contributed by atoms with Gasteiger partial charge in [0.25, 0.3) is 60.7 Å². The maximum absolute atomic E-state index is 13.0. The molecular formula is C46H51N11O21S6. The molecular weight excluding hydrogens is 1230 g/mol. The van der Waals surface area contributed by atoms with Crippen LogP contribution < -0.4 is 20.4 Å². The van der Waals surface area contributed by atoms with Crippen molar-refractivity contribution in [1.82, 2.24) is 29.9 Å². The Morgan fingerprint density at radius 3 is 1.45 bits per heavy atom. The van der Waals surface area contributed by atoms with Crippen LogP contribution in [0.25, 0.3) is 12.2 Å². The lowest BCUT2D eigenvalue weighted by molar-refractivity contribution is 0.177. The van der Waals surface area contributed by atoms with Crippen molar-refractivity contribution < 1.29 is 93.1 Å². The number of hydrogen-bond acceptors (Lipinski definition) is 26. The van der Waals surface area contributed by atoms with Crippen molar-refractivity contribution in [3.05, 3.63) is 107 Å². The lowest BCUT2D eigenvalue weighted by atomic mass is 10.1. The maximum Gasteiger partial charge on any atom is 0.296 e. The molecule has 0 aliphatic heterocycles. The molecule has 452 valence electrons. The minimum Gasteiger partial charge on any atom is -0.392 e.